The number of halogens is 1. The van der Waals surface area contributed by atoms with Crippen molar-refractivity contribution in [2.75, 3.05) is 26.8 Å². The zero-order chi connectivity index (χ0) is 27.4. The van der Waals surface area contributed by atoms with Crippen LogP contribution in [-0.2, 0) is 27.8 Å². The lowest BCUT2D eigenvalue weighted by molar-refractivity contribution is -0.135. The van der Waals surface area contributed by atoms with Gasteiger partial charge in [-0.15, -0.1) is 11.3 Å². The van der Waals surface area contributed by atoms with Crippen LogP contribution in [0.4, 0.5) is 4.39 Å². The Morgan fingerprint density at radius 3 is 2.67 bits per heavy atom. The number of hydrogen-bond acceptors (Lipinski definition) is 7. The van der Waals surface area contributed by atoms with Gasteiger partial charge in [0, 0.05) is 17.5 Å². The van der Waals surface area contributed by atoms with Crippen molar-refractivity contribution < 1.29 is 31.5 Å². The monoisotopic (exact) mass is 570 g/mol. The molecule has 39 heavy (non-hydrogen) atoms. The summed E-state index contributed by atoms with van der Waals surface area (Å²) in [5.41, 5.74) is 0.951. The second-order valence-electron chi connectivity index (χ2n) is 8.95. The quantitative estimate of drug-likeness (QED) is 0.270. The molecule has 2 aromatic heterocycles. The number of hydrogen-bond donors (Lipinski definition) is 0. The number of benzene rings is 2. The third-order valence-electron chi connectivity index (χ3n) is 6.54. The molecule has 0 radical (unpaired) electrons. The molecule has 0 aliphatic carbocycles. The normalized spacial score (nSPS) is 15.3. The molecule has 204 valence electrons. The Bertz CT molecular complexity index is 1520. The van der Waals surface area contributed by atoms with E-state index in [-0.39, 0.29) is 24.0 Å². The third kappa shape index (κ3) is 6.00. The Morgan fingerprint density at radius 2 is 1.95 bits per heavy atom. The zero-order valence-corrected chi connectivity index (χ0v) is 22.8. The fraction of sp³-hybridized carbons (Fsp3) is 0.250. The van der Waals surface area contributed by atoms with Crippen LogP contribution in [0, 0.1) is 5.82 Å². The predicted molar refractivity (Wildman–Crippen MR) is 144 cm³/mol. The van der Waals surface area contributed by atoms with E-state index in [1.165, 1.54) is 37.6 Å². The van der Waals surface area contributed by atoms with Crippen LogP contribution >= 0.6 is 11.3 Å². The standard InChI is InChI=1S/C28H27FN2O6S2/c1-35-21-7-9-24(10-8-21)39(33,34)30(17-23-6-3-14-36-23)18-28(32)31-13-11-27-25(12-15-38-27)26(31)19-37-22-5-2-4-20(29)16-22/h2-10,12,14-16,26H,11,13,17-19H2,1H3/t26-/m0/s1. The lowest BCUT2D eigenvalue weighted by atomic mass is 10.0. The summed E-state index contributed by atoms with van der Waals surface area (Å²) in [5, 5.41) is 1.96. The molecular formula is C28H27FN2O6S2. The van der Waals surface area contributed by atoms with Crippen molar-refractivity contribution in [3.05, 3.63) is 100 Å². The second kappa shape index (κ2) is 11.6. The maximum Gasteiger partial charge on any atom is 0.243 e. The Labute approximate surface area is 230 Å². The molecule has 0 saturated carbocycles. The van der Waals surface area contributed by atoms with E-state index in [0.29, 0.717) is 30.2 Å². The van der Waals surface area contributed by atoms with Gasteiger partial charge < -0.3 is 18.8 Å². The number of nitrogens with zero attached hydrogens (tertiary/aromatic N) is 2. The van der Waals surface area contributed by atoms with Crippen LogP contribution in [0.15, 0.2) is 87.7 Å². The number of sulfonamides is 1. The summed E-state index contributed by atoms with van der Waals surface area (Å²) in [6.07, 6.45) is 2.11. The second-order valence-corrected chi connectivity index (χ2v) is 11.9. The van der Waals surface area contributed by atoms with Crippen molar-refractivity contribution >= 4 is 27.3 Å². The molecule has 8 nitrogen and oxygen atoms in total. The predicted octanol–water partition coefficient (Wildman–Crippen LogP) is 4.88. The molecule has 0 bridgehead atoms. The molecule has 3 heterocycles. The van der Waals surface area contributed by atoms with Gasteiger partial charge in [0.2, 0.25) is 15.9 Å². The number of fused-ring (bicyclic) bond motifs is 1. The van der Waals surface area contributed by atoms with E-state index in [0.717, 1.165) is 14.7 Å². The Kier molecular flexibility index (Phi) is 8.01. The smallest absolute Gasteiger partial charge is 0.243 e. The van der Waals surface area contributed by atoms with E-state index in [1.807, 2.05) is 11.4 Å². The highest BCUT2D eigenvalue weighted by molar-refractivity contribution is 7.89. The molecule has 5 rings (SSSR count). The summed E-state index contributed by atoms with van der Waals surface area (Å²) in [6, 6.07) is 16.7. The van der Waals surface area contributed by atoms with Gasteiger partial charge in [0.15, 0.2) is 0 Å². The number of ether oxygens (including phenoxy) is 2. The summed E-state index contributed by atoms with van der Waals surface area (Å²) in [5.74, 6) is 0.487. The van der Waals surface area contributed by atoms with E-state index in [1.54, 1.807) is 52.6 Å². The van der Waals surface area contributed by atoms with Gasteiger partial charge in [0.25, 0.3) is 0 Å². The minimum absolute atomic E-state index is 0.0346. The molecule has 0 spiro atoms. The molecule has 0 saturated heterocycles. The van der Waals surface area contributed by atoms with Crippen molar-refractivity contribution in [1.82, 2.24) is 9.21 Å². The fourth-order valence-corrected chi connectivity index (χ4v) is 6.83. The van der Waals surface area contributed by atoms with E-state index >= 15 is 0 Å². The highest BCUT2D eigenvalue weighted by Crippen LogP contribution is 2.34. The number of amides is 1. The maximum atomic E-state index is 13.8. The van der Waals surface area contributed by atoms with Crippen molar-refractivity contribution in [2.45, 2.75) is 23.9 Å². The van der Waals surface area contributed by atoms with Gasteiger partial charge in [-0.05, 0) is 72.0 Å². The van der Waals surface area contributed by atoms with Crippen molar-refractivity contribution in [3.8, 4) is 11.5 Å². The van der Waals surface area contributed by atoms with Crippen molar-refractivity contribution in [3.63, 3.8) is 0 Å². The number of furan rings is 1. The van der Waals surface area contributed by atoms with Gasteiger partial charge in [-0.2, -0.15) is 4.31 Å². The summed E-state index contributed by atoms with van der Waals surface area (Å²) in [4.78, 5) is 16.6. The maximum absolute atomic E-state index is 13.8. The first kappa shape index (κ1) is 26.9. The van der Waals surface area contributed by atoms with Gasteiger partial charge >= 0.3 is 0 Å². The van der Waals surface area contributed by atoms with E-state index in [2.05, 4.69) is 0 Å². The fourth-order valence-electron chi connectivity index (χ4n) is 4.55. The van der Waals surface area contributed by atoms with E-state index < -0.39 is 28.4 Å². The minimum atomic E-state index is -4.06. The summed E-state index contributed by atoms with van der Waals surface area (Å²) < 4.78 is 58.6. The van der Waals surface area contributed by atoms with Crippen LogP contribution in [0.25, 0.3) is 0 Å². The van der Waals surface area contributed by atoms with Crippen LogP contribution in [0.3, 0.4) is 0 Å². The van der Waals surface area contributed by atoms with Crippen LogP contribution < -0.4 is 9.47 Å². The lowest BCUT2D eigenvalue weighted by Gasteiger charge is -2.37. The van der Waals surface area contributed by atoms with Crippen molar-refractivity contribution in [2.24, 2.45) is 0 Å². The number of carbonyl (C=O) groups excluding carboxylic acids is 1. The molecule has 11 heteroatoms. The summed E-state index contributed by atoms with van der Waals surface area (Å²) >= 11 is 1.61. The largest absolute Gasteiger partial charge is 0.497 e. The van der Waals surface area contributed by atoms with Crippen molar-refractivity contribution in [1.29, 1.82) is 0 Å². The van der Waals surface area contributed by atoms with E-state index in [9.17, 15) is 17.6 Å². The highest BCUT2D eigenvalue weighted by Gasteiger charge is 2.35. The Morgan fingerprint density at radius 1 is 1.13 bits per heavy atom. The van der Waals surface area contributed by atoms with Gasteiger partial charge in [0.05, 0.1) is 37.4 Å². The highest BCUT2D eigenvalue weighted by atomic mass is 32.2. The van der Waals surface area contributed by atoms with Crippen LogP contribution in [0.5, 0.6) is 11.5 Å². The number of methoxy groups -OCH3 is 1. The van der Waals surface area contributed by atoms with Gasteiger partial charge in [-0.1, -0.05) is 6.07 Å². The Hall–Kier alpha value is -3.67. The zero-order valence-electron chi connectivity index (χ0n) is 21.2. The molecule has 0 N–H and O–H groups in total. The first-order valence-electron chi connectivity index (χ1n) is 12.3. The molecule has 1 amide bonds. The molecule has 0 unspecified atom stereocenters. The number of rotatable bonds is 10. The molecule has 1 aliphatic rings. The molecule has 2 aromatic carbocycles. The Balaban J connectivity index is 1.41. The van der Waals surface area contributed by atoms with Crippen LogP contribution in [0.1, 0.15) is 22.2 Å². The molecular weight excluding hydrogens is 543 g/mol. The van der Waals surface area contributed by atoms with E-state index in [4.69, 9.17) is 13.9 Å². The number of carbonyl (C=O) groups is 1. The molecule has 1 atom stereocenters. The van der Waals surface area contributed by atoms with Gasteiger partial charge in [0.1, 0.15) is 29.7 Å². The average Bonchev–Trinajstić information content (AvgIpc) is 3.63. The third-order valence-corrected chi connectivity index (χ3v) is 9.34. The minimum Gasteiger partial charge on any atom is -0.497 e. The molecule has 1 aliphatic heterocycles. The topological polar surface area (TPSA) is 89.3 Å². The molecule has 4 aromatic rings. The average molecular weight is 571 g/mol. The lowest BCUT2D eigenvalue weighted by Crippen LogP contribution is -2.47. The van der Waals surface area contributed by atoms with Crippen LogP contribution in [0.2, 0.25) is 0 Å². The van der Waals surface area contributed by atoms with Crippen LogP contribution in [-0.4, -0.2) is 50.3 Å². The number of thiophene rings is 1. The molecule has 0 fully saturated rings. The van der Waals surface area contributed by atoms with Gasteiger partial charge in [-0.25, -0.2) is 12.8 Å². The summed E-state index contributed by atoms with van der Waals surface area (Å²) in [7, 11) is -2.57. The summed E-state index contributed by atoms with van der Waals surface area (Å²) in [6.45, 7) is -0.0108. The van der Waals surface area contributed by atoms with Gasteiger partial charge in [-0.3, -0.25) is 4.79 Å². The first-order chi connectivity index (χ1) is 18.8. The SMILES string of the molecule is COc1ccc(S(=O)(=O)N(CC(=O)N2CCc3sccc3[C@@H]2COc2cccc(F)c2)Cc2ccco2)cc1. The first-order valence-corrected chi connectivity index (χ1v) is 14.6.